The summed E-state index contributed by atoms with van der Waals surface area (Å²) in [5.41, 5.74) is 3.86. The third kappa shape index (κ3) is 5.79. The van der Waals surface area contributed by atoms with Crippen LogP contribution in [0, 0.1) is 6.92 Å². The molecule has 5 heteroatoms. The third-order valence-corrected chi connectivity index (χ3v) is 5.33. The van der Waals surface area contributed by atoms with Gasteiger partial charge in [-0.1, -0.05) is 54.1 Å². The second-order valence-electron chi connectivity index (χ2n) is 7.52. The van der Waals surface area contributed by atoms with Crippen molar-refractivity contribution in [2.45, 2.75) is 25.7 Å². The Balaban J connectivity index is 1.68. The highest BCUT2D eigenvalue weighted by atomic mass is 16.5. The Morgan fingerprint density at radius 2 is 1.71 bits per heavy atom. The van der Waals surface area contributed by atoms with E-state index in [9.17, 15) is 9.90 Å². The van der Waals surface area contributed by atoms with Gasteiger partial charge in [-0.15, -0.1) is 0 Å². The number of aromatic hydroxyl groups is 1. The summed E-state index contributed by atoms with van der Waals surface area (Å²) in [6, 6.07) is 21.1. The second kappa shape index (κ2) is 10.5. The van der Waals surface area contributed by atoms with Gasteiger partial charge < -0.3 is 19.9 Å². The van der Waals surface area contributed by atoms with Gasteiger partial charge in [0, 0.05) is 24.4 Å². The molecule has 0 fully saturated rings. The van der Waals surface area contributed by atoms with Gasteiger partial charge in [0.1, 0.15) is 5.75 Å². The lowest BCUT2D eigenvalue weighted by molar-refractivity contribution is -0.121. The molecule has 0 aliphatic carbocycles. The van der Waals surface area contributed by atoms with E-state index in [4.69, 9.17) is 9.47 Å². The van der Waals surface area contributed by atoms with Crippen LogP contribution in [0.2, 0.25) is 0 Å². The molecule has 0 heterocycles. The van der Waals surface area contributed by atoms with E-state index >= 15 is 0 Å². The van der Waals surface area contributed by atoms with Crippen LogP contribution < -0.4 is 14.8 Å². The molecule has 0 spiro atoms. The SMILES string of the molecule is COc1ccc(CCNC(=O)C[C@@H](c2ccccc2)c2cc(C)ccc2O)cc1OC. The number of hydrogen-bond acceptors (Lipinski definition) is 4. The van der Waals surface area contributed by atoms with Crippen LogP contribution in [0.5, 0.6) is 17.2 Å². The summed E-state index contributed by atoms with van der Waals surface area (Å²) in [6.45, 7) is 2.49. The van der Waals surface area contributed by atoms with Gasteiger partial charge in [-0.3, -0.25) is 4.79 Å². The molecule has 3 aromatic rings. The molecule has 31 heavy (non-hydrogen) atoms. The minimum absolute atomic E-state index is 0.0600. The maximum Gasteiger partial charge on any atom is 0.220 e. The molecule has 162 valence electrons. The topological polar surface area (TPSA) is 67.8 Å². The molecule has 0 bridgehead atoms. The fourth-order valence-corrected chi connectivity index (χ4v) is 3.69. The van der Waals surface area contributed by atoms with Gasteiger partial charge in [0.2, 0.25) is 5.91 Å². The van der Waals surface area contributed by atoms with Crippen molar-refractivity contribution in [1.82, 2.24) is 5.32 Å². The van der Waals surface area contributed by atoms with Crippen LogP contribution in [0.3, 0.4) is 0 Å². The summed E-state index contributed by atoms with van der Waals surface area (Å²) in [6.07, 6.45) is 0.935. The number of nitrogens with one attached hydrogen (secondary N) is 1. The van der Waals surface area contributed by atoms with Gasteiger partial charge in [0.05, 0.1) is 14.2 Å². The number of hydrogen-bond donors (Lipinski definition) is 2. The van der Waals surface area contributed by atoms with Gasteiger partial charge >= 0.3 is 0 Å². The van der Waals surface area contributed by atoms with E-state index in [0.29, 0.717) is 24.5 Å². The molecule has 0 saturated heterocycles. The van der Waals surface area contributed by atoms with Crippen molar-refractivity contribution in [1.29, 1.82) is 0 Å². The highest BCUT2D eigenvalue weighted by molar-refractivity contribution is 5.77. The van der Waals surface area contributed by atoms with Crippen molar-refractivity contribution in [3.05, 3.63) is 89.0 Å². The first-order valence-electron chi connectivity index (χ1n) is 10.3. The van der Waals surface area contributed by atoms with E-state index in [-0.39, 0.29) is 24.0 Å². The maximum absolute atomic E-state index is 12.8. The van der Waals surface area contributed by atoms with Gasteiger partial charge in [-0.25, -0.2) is 0 Å². The lowest BCUT2D eigenvalue weighted by atomic mass is 9.87. The molecular weight excluding hydrogens is 390 g/mol. The lowest BCUT2D eigenvalue weighted by Gasteiger charge is -2.19. The van der Waals surface area contributed by atoms with Crippen LogP contribution in [0.25, 0.3) is 0 Å². The molecule has 1 atom stereocenters. The number of amides is 1. The molecule has 5 nitrogen and oxygen atoms in total. The number of carbonyl (C=O) groups excluding carboxylic acids is 1. The van der Waals surface area contributed by atoms with E-state index in [1.54, 1.807) is 20.3 Å². The summed E-state index contributed by atoms with van der Waals surface area (Å²) in [4.78, 5) is 12.8. The first kappa shape index (κ1) is 22.2. The Kier molecular flexibility index (Phi) is 7.55. The van der Waals surface area contributed by atoms with Crippen LogP contribution in [0.15, 0.2) is 66.7 Å². The molecule has 0 aliphatic heterocycles. The van der Waals surface area contributed by atoms with E-state index in [1.807, 2.05) is 67.6 Å². The molecule has 1 amide bonds. The lowest BCUT2D eigenvalue weighted by Crippen LogP contribution is -2.27. The van der Waals surface area contributed by atoms with Gasteiger partial charge in [0.15, 0.2) is 11.5 Å². The number of aryl methyl sites for hydroxylation is 1. The molecule has 0 radical (unpaired) electrons. The van der Waals surface area contributed by atoms with E-state index in [1.165, 1.54) is 0 Å². The summed E-state index contributed by atoms with van der Waals surface area (Å²) in [5, 5.41) is 13.5. The molecule has 3 aromatic carbocycles. The largest absolute Gasteiger partial charge is 0.508 e. The summed E-state index contributed by atoms with van der Waals surface area (Å²) < 4.78 is 10.6. The maximum atomic E-state index is 12.8. The number of rotatable bonds is 9. The molecule has 0 saturated carbocycles. The van der Waals surface area contributed by atoms with E-state index in [2.05, 4.69) is 5.32 Å². The zero-order valence-electron chi connectivity index (χ0n) is 18.2. The first-order chi connectivity index (χ1) is 15.0. The minimum atomic E-state index is -0.220. The normalized spacial score (nSPS) is 11.6. The zero-order valence-corrected chi connectivity index (χ0v) is 18.2. The standard InChI is InChI=1S/C26H29NO4/c1-18-9-11-23(28)22(15-18)21(20-7-5-4-6-8-20)17-26(29)27-14-13-19-10-12-24(30-2)25(16-19)31-3/h4-12,15-16,21,28H,13-14,17H2,1-3H3,(H,27,29)/t21-/m0/s1. The molecule has 3 rings (SSSR count). The van der Waals surface area contributed by atoms with E-state index in [0.717, 1.165) is 22.3 Å². The average Bonchev–Trinajstić information content (AvgIpc) is 2.79. The second-order valence-corrected chi connectivity index (χ2v) is 7.52. The Labute approximate surface area is 183 Å². The van der Waals surface area contributed by atoms with Crippen LogP contribution in [0.4, 0.5) is 0 Å². The number of methoxy groups -OCH3 is 2. The Morgan fingerprint density at radius 1 is 0.968 bits per heavy atom. The summed E-state index contributed by atoms with van der Waals surface area (Å²) >= 11 is 0. The summed E-state index contributed by atoms with van der Waals surface area (Å²) in [7, 11) is 3.21. The Hall–Kier alpha value is -3.47. The fourth-order valence-electron chi connectivity index (χ4n) is 3.69. The molecular formula is C26H29NO4. The Bertz CT molecular complexity index is 1020. The molecule has 0 aromatic heterocycles. The molecule has 0 unspecified atom stereocenters. The number of carbonyl (C=O) groups is 1. The van der Waals surface area contributed by atoms with Crippen LogP contribution in [-0.2, 0) is 11.2 Å². The Morgan fingerprint density at radius 3 is 2.42 bits per heavy atom. The van der Waals surface area contributed by atoms with Crippen LogP contribution in [0.1, 0.15) is 34.6 Å². The van der Waals surface area contributed by atoms with Crippen molar-refractivity contribution < 1.29 is 19.4 Å². The molecule has 2 N–H and O–H groups in total. The van der Waals surface area contributed by atoms with Crippen molar-refractivity contribution in [2.24, 2.45) is 0 Å². The van der Waals surface area contributed by atoms with Crippen molar-refractivity contribution in [2.75, 3.05) is 20.8 Å². The van der Waals surface area contributed by atoms with Gasteiger partial charge in [-0.05, 0) is 42.7 Å². The van der Waals surface area contributed by atoms with Crippen molar-refractivity contribution >= 4 is 5.91 Å². The van der Waals surface area contributed by atoms with E-state index < -0.39 is 0 Å². The van der Waals surface area contributed by atoms with Gasteiger partial charge in [-0.2, -0.15) is 0 Å². The molecule has 0 aliphatic rings. The number of phenols is 1. The zero-order chi connectivity index (χ0) is 22.2. The number of ether oxygens (including phenoxy) is 2. The van der Waals surface area contributed by atoms with Crippen LogP contribution in [-0.4, -0.2) is 31.8 Å². The minimum Gasteiger partial charge on any atom is -0.508 e. The monoisotopic (exact) mass is 419 g/mol. The quantitative estimate of drug-likeness (QED) is 0.532. The highest BCUT2D eigenvalue weighted by Crippen LogP contribution is 2.34. The predicted octanol–water partition coefficient (Wildman–Crippen LogP) is 4.60. The van der Waals surface area contributed by atoms with Crippen molar-refractivity contribution in [3.63, 3.8) is 0 Å². The number of phenolic OH excluding ortho intramolecular Hbond substituents is 1. The first-order valence-corrected chi connectivity index (χ1v) is 10.3. The van der Waals surface area contributed by atoms with Gasteiger partial charge in [0.25, 0.3) is 0 Å². The van der Waals surface area contributed by atoms with Crippen LogP contribution >= 0.6 is 0 Å². The highest BCUT2D eigenvalue weighted by Gasteiger charge is 2.21. The smallest absolute Gasteiger partial charge is 0.220 e. The predicted molar refractivity (Wildman–Crippen MR) is 122 cm³/mol. The third-order valence-electron chi connectivity index (χ3n) is 5.33. The van der Waals surface area contributed by atoms with Crippen molar-refractivity contribution in [3.8, 4) is 17.2 Å². The summed E-state index contributed by atoms with van der Waals surface area (Å²) in [5.74, 6) is 1.28. The fraction of sp³-hybridized carbons (Fsp3) is 0.269. The average molecular weight is 420 g/mol. The number of benzene rings is 3.